The van der Waals surface area contributed by atoms with E-state index in [1.165, 1.54) is 12.8 Å². The standard InChI is InChI=1S/C11H20N4/c1-8-3-4-10(12)5-9(8)6-11-7-15(2)14-13-11/h7-10H,3-6,12H2,1-2H3. The van der Waals surface area contributed by atoms with Crippen LogP contribution in [0.2, 0.25) is 0 Å². The predicted molar refractivity (Wildman–Crippen MR) is 59.2 cm³/mol. The molecule has 1 aromatic heterocycles. The minimum atomic E-state index is 0.392. The second-order valence-electron chi connectivity index (χ2n) is 4.90. The van der Waals surface area contributed by atoms with Crippen molar-refractivity contribution in [2.45, 2.75) is 38.6 Å². The second-order valence-corrected chi connectivity index (χ2v) is 4.90. The highest BCUT2D eigenvalue weighted by Crippen LogP contribution is 2.31. The SMILES string of the molecule is CC1CCC(N)CC1Cc1cn(C)nn1. The van der Waals surface area contributed by atoms with Gasteiger partial charge in [-0.3, -0.25) is 4.68 Å². The summed E-state index contributed by atoms with van der Waals surface area (Å²) in [5, 5.41) is 8.10. The molecule has 4 nitrogen and oxygen atoms in total. The molecule has 2 rings (SSSR count). The van der Waals surface area contributed by atoms with Crippen molar-refractivity contribution in [1.82, 2.24) is 15.0 Å². The first kappa shape index (κ1) is 10.6. The Morgan fingerprint density at radius 3 is 3.00 bits per heavy atom. The summed E-state index contributed by atoms with van der Waals surface area (Å²) in [4.78, 5) is 0. The molecule has 2 N–H and O–H groups in total. The van der Waals surface area contributed by atoms with Crippen molar-refractivity contribution < 1.29 is 0 Å². The quantitative estimate of drug-likeness (QED) is 0.792. The van der Waals surface area contributed by atoms with Gasteiger partial charge in [0.2, 0.25) is 0 Å². The third kappa shape index (κ3) is 2.56. The molecule has 4 heteroatoms. The molecule has 1 heterocycles. The normalized spacial score (nSPS) is 31.8. The lowest BCUT2D eigenvalue weighted by Gasteiger charge is -2.32. The van der Waals surface area contributed by atoms with Gasteiger partial charge in [-0.05, 0) is 37.5 Å². The van der Waals surface area contributed by atoms with E-state index in [0.29, 0.717) is 12.0 Å². The first-order valence-corrected chi connectivity index (χ1v) is 5.76. The van der Waals surface area contributed by atoms with Crippen LogP contribution in [0.3, 0.4) is 0 Å². The van der Waals surface area contributed by atoms with Gasteiger partial charge in [0.1, 0.15) is 0 Å². The van der Waals surface area contributed by atoms with Gasteiger partial charge in [-0.25, -0.2) is 0 Å². The highest BCUT2D eigenvalue weighted by molar-refractivity contribution is 4.96. The van der Waals surface area contributed by atoms with E-state index in [0.717, 1.165) is 24.5 Å². The van der Waals surface area contributed by atoms with Gasteiger partial charge >= 0.3 is 0 Å². The second kappa shape index (κ2) is 4.31. The molecule has 84 valence electrons. The van der Waals surface area contributed by atoms with E-state index in [4.69, 9.17) is 5.73 Å². The number of nitrogens with zero attached hydrogens (tertiary/aromatic N) is 3. The molecule has 0 radical (unpaired) electrons. The first-order valence-electron chi connectivity index (χ1n) is 5.76. The minimum absolute atomic E-state index is 0.392. The summed E-state index contributed by atoms with van der Waals surface area (Å²) in [5.74, 6) is 1.46. The molecule has 0 amide bonds. The molecule has 0 bridgehead atoms. The minimum Gasteiger partial charge on any atom is -0.328 e. The Kier molecular flexibility index (Phi) is 3.05. The lowest BCUT2D eigenvalue weighted by molar-refractivity contribution is 0.230. The monoisotopic (exact) mass is 208 g/mol. The molecule has 0 spiro atoms. The van der Waals surface area contributed by atoms with Gasteiger partial charge in [0.05, 0.1) is 5.69 Å². The summed E-state index contributed by atoms with van der Waals surface area (Å²) in [6, 6.07) is 0.392. The van der Waals surface area contributed by atoms with Crippen LogP contribution in [-0.4, -0.2) is 21.0 Å². The Bertz CT molecular complexity index is 320. The van der Waals surface area contributed by atoms with Crippen LogP contribution in [0.5, 0.6) is 0 Å². The van der Waals surface area contributed by atoms with Crippen molar-refractivity contribution >= 4 is 0 Å². The van der Waals surface area contributed by atoms with Crippen LogP contribution in [0.25, 0.3) is 0 Å². The zero-order valence-electron chi connectivity index (χ0n) is 9.56. The maximum absolute atomic E-state index is 6.00. The van der Waals surface area contributed by atoms with Gasteiger partial charge in [0, 0.05) is 19.3 Å². The molecule has 0 aromatic carbocycles. The summed E-state index contributed by atoms with van der Waals surface area (Å²) < 4.78 is 1.77. The van der Waals surface area contributed by atoms with E-state index in [1.54, 1.807) is 4.68 Å². The van der Waals surface area contributed by atoms with Crippen LogP contribution < -0.4 is 5.73 Å². The Morgan fingerprint density at radius 2 is 2.33 bits per heavy atom. The third-order valence-electron chi connectivity index (χ3n) is 3.52. The van der Waals surface area contributed by atoms with Crippen molar-refractivity contribution in [2.24, 2.45) is 24.6 Å². The highest BCUT2D eigenvalue weighted by atomic mass is 15.4. The van der Waals surface area contributed by atoms with Crippen LogP contribution in [0.15, 0.2) is 6.20 Å². The summed E-state index contributed by atoms with van der Waals surface area (Å²) in [5.41, 5.74) is 7.11. The highest BCUT2D eigenvalue weighted by Gasteiger charge is 2.26. The van der Waals surface area contributed by atoms with Crippen molar-refractivity contribution in [1.29, 1.82) is 0 Å². The molecule has 1 saturated carbocycles. The number of nitrogens with two attached hydrogens (primary N) is 1. The molecule has 3 atom stereocenters. The molecule has 1 aliphatic carbocycles. The van der Waals surface area contributed by atoms with E-state index in [9.17, 15) is 0 Å². The van der Waals surface area contributed by atoms with Gasteiger partial charge in [-0.1, -0.05) is 12.1 Å². The molecule has 1 fully saturated rings. The smallest absolute Gasteiger partial charge is 0.0829 e. The maximum atomic E-state index is 6.00. The molecule has 0 aliphatic heterocycles. The van der Waals surface area contributed by atoms with Crippen LogP contribution in [0, 0.1) is 11.8 Å². The van der Waals surface area contributed by atoms with Gasteiger partial charge in [-0.2, -0.15) is 0 Å². The number of aryl methyl sites for hydroxylation is 1. The lowest BCUT2D eigenvalue weighted by atomic mass is 9.76. The van der Waals surface area contributed by atoms with Gasteiger partial charge in [-0.15, -0.1) is 5.10 Å². The van der Waals surface area contributed by atoms with Crippen molar-refractivity contribution in [3.63, 3.8) is 0 Å². The van der Waals surface area contributed by atoms with E-state index in [2.05, 4.69) is 17.2 Å². The summed E-state index contributed by atoms with van der Waals surface area (Å²) in [6.45, 7) is 2.33. The van der Waals surface area contributed by atoms with Crippen LogP contribution >= 0.6 is 0 Å². The Balaban J connectivity index is 1.98. The van der Waals surface area contributed by atoms with Crippen LogP contribution in [0.4, 0.5) is 0 Å². The van der Waals surface area contributed by atoms with Gasteiger partial charge in [0.25, 0.3) is 0 Å². The Hall–Kier alpha value is -0.900. The van der Waals surface area contributed by atoms with Crippen molar-refractivity contribution in [3.8, 4) is 0 Å². The van der Waals surface area contributed by atoms with E-state index in [1.807, 2.05) is 13.2 Å². The van der Waals surface area contributed by atoms with Crippen molar-refractivity contribution in [3.05, 3.63) is 11.9 Å². The molecule has 1 aliphatic rings. The fourth-order valence-corrected chi connectivity index (χ4v) is 2.49. The summed E-state index contributed by atoms with van der Waals surface area (Å²) in [6.07, 6.45) is 6.61. The number of hydrogen-bond acceptors (Lipinski definition) is 3. The fraction of sp³-hybridized carbons (Fsp3) is 0.818. The lowest BCUT2D eigenvalue weighted by Crippen LogP contribution is -2.33. The molecule has 0 saturated heterocycles. The number of aromatic nitrogens is 3. The zero-order valence-corrected chi connectivity index (χ0v) is 9.56. The molecular weight excluding hydrogens is 188 g/mol. The van der Waals surface area contributed by atoms with E-state index in [-0.39, 0.29) is 0 Å². The van der Waals surface area contributed by atoms with Crippen molar-refractivity contribution in [2.75, 3.05) is 0 Å². The number of rotatable bonds is 2. The van der Waals surface area contributed by atoms with Gasteiger partial charge < -0.3 is 5.73 Å². The Labute approximate surface area is 90.8 Å². The molecule has 3 unspecified atom stereocenters. The maximum Gasteiger partial charge on any atom is 0.0829 e. The zero-order chi connectivity index (χ0) is 10.8. The third-order valence-corrected chi connectivity index (χ3v) is 3.52. The van der Waals surface area contributed by atoms with Gasteiger partial charge in [0.15, 0.2) is 0 Å². The fourth-order valence-electron chi connectivity index (χ4n) is 2.49. The average Bonchev–Trinajstić information content (AvgIpc) is 2.58. The molecule has 1 aromatic rings. The summed E-state index contributed by atoms with van der Waals surface area (Å²) >= 11 is 0. The topological polar surface area (TPSA) is 56.7 Å². The Morgan fingerprint density at radius 1 is 1.53 bits per heavy atom. The molecule has 15 heavy (non-hydrogen) atoms. The largest absolute Gasteiger partial charge is 0.328 e. The predicted octanol–water partition coefficient (Wildman–Crippen LogP) is 1.12. The molecular formula is C11H20N4. The summed E-state index contributed by atoms with van der Waals surface area (Å²) in [7, 11) is 1.91. The average molecular weight is 208 g/mol. The first-order chi connectivity index (χ1) is 7.15. The number of hydrogen-bond donors (Lipinski definition) is 1. The van der Waals surface area contributed by atoms with E-state index < -0.39 is 0 Å². The van der Waals surface area contributed by atoms with Crippen LogP contribution in [-0.2, 0) is 13.5 Å². The van der Waals surface area contributed by atoms with E-state index >= 15 is 0 Å². The van der Waals surface area contributed by atoms with Crippen LogP contribution in [0.1, 0.15) is 31.9 Å².